The predicted octanol–water partition coefficient (Wildman–Crippen LogP) is 4.34. The zero-order valence-electron chi connectivity index (χ0n) is 16.5. The van der Waals surface area contributed by atoms with Gasteiger partial charge in [0.05, 0.1) is 16.2 Å². The minimum Gasteiger partial charge on any atom is -0.382 e. The minimum atomic E-state index is -0.590. The Morgan fingerprint density at radius 2 is 1.94 bits per heavy atom. The van der Waals surface area contributed by atoms with Crippen LogP contribution in [-0.2, 0) is 6.42 Å². The van der Waals surface area contributed by atoms with Crippen LogP contribution in [0.3, 0.4) is 0 Å². The van der Waals surface area contributed by atoms with Gasteiger partial charge in [-0.2, -0.15) is 4.39 Å². The maximum atomic E-state index is 15.0. The van der Waals surface area contributed by atoms with E-state index >= 15 is 0 Å². The van der Waals surface area contributed by atoms with Crippen LogP contribution < -0.4 is 17.2 Å². The molecule has 2 aliphatic carbocycles. The molecule has 3 aromatic rings. The summed E-state index contributed by atoms with van der Waals surface area (Å²) in [5.74, 6) is -0.246. The lowest BCUT2D eigenvalue weighted by Gasteiger charge is -2.40. The average Bonchev–Trinajstić information content (AvgIpc) is 3.30. The Bertz CT molecular complexity index is 1150. The van der Waals surface area contributed by atoms with Gasteiger partial charge in [-0.15, -0.1) is 11.3 Å². The van der Waals surface area contributed by atoms with Crippen LogP contribution in [0.4, 0.5) is 16.0 Å². The average molecular weight is 478 g/mol. The molecule has 11 heteroatoms. The molecule has 2 aliphatic rings. The molecule has 0 aliphatic heterocycles. The number of hydrogen-bond donors (Lipinski definition) is 3. The van der Waals surface area contributed by atoms with Gasteiger partial charge in [-0.3, -0.25) is 0 Å². The first-order valence-electron chi connectivity index (χ1n) is 9.96. The van der Waals surface area contributed by atoms with E-state index in [1.165, 1.54) is 11.1 Å². The SMILES string of the molecule is Nc1nc(C2CCC3(CC2)Cc2ncsc2C3N)c(F)nc1Sc1ccnc(N)c1Cl. The summed E-state index contributed by atoms with van der Waals surface area (Å²) in [6, 6.07) is 1.68. The van der Waals surface area contributed by atoms with E-state index in [1.807, 2.05) is 5.51 Å². The predicted molar refractivity (Wildman–Crippen MR) is 121 cm³/mol. The molecule has 0 bridgehead atoms. The third-order valence-corrected chi connectivity index (χ3v) is 8.98. The number of fused-ring (bicyclic) bond motifs is 1. The maximum absolute atomic E-state index is 15.0. The van der Waals surface area contributed by atoms with Crippen molar-refractivity contribution in [1.82, 2.24) is 19.9 Å². The molecule has 6 N–H and O–H groups in total. The number of rotatable bonds is 3. The van der Waals surface area contributed by atoms with Gasteiger partial charge >= 0.3 is 0 Å². The lowest BCUT2D eigenvalue weighted by atomic mass is 9.66. The summed E-state index contributed by atoms with van der Waals surface area (Å²) < 4.78 is 15.0. The topological polar surface area (TPSA) is 130 Å². The van der Waals surface area contributed by atoms with Crippen molar-refractivity contribution in [2.45, 2.75) is 54.0 Å². The second kappa shape index (κ2) is 7.84. The summed E-state index contributed by atoms with van der Waals surface area (Å²) >= 11 is 8.94. The van der Waals surface area contributed by atoms with Crippen molar-refractivity contribution in [3.8, 4) is 0 Å². The zero-order valence-corrected chi connectivity index (χ0v) is 18.9. The Balaban J connectivity index is 1.33. The summed E-state index contributed by atoms with van der Waals surface area (Å²) in [6.07, 6.45) is 5.84. The molecule has 1 atom stereocenters. The number of aromatic nitrogens is 4. The molecule has 162 valence electrons. The molecule has 0 saturated heterocycles. The zero-order chi connectivity index (χ0) is 21.8. The number of nitrogen functional groups attached to an aromatic ring is 2. The van der Waals surface area contributed by atoms with E-state index in [1.54, 1.807) is 17.4 Å². The van der Waals surface area contributed by atoms with E-state index in [0.717, 1.165) is 49.6 Å². The van der Waals surface area contributed by atoms with E-state index in [-0.39, 0.29) is 39.1 Å². The van der Waals surface area contributed by atoms with Gasteiger partial charge in [0.2, 0.25) is 5.95 Å². The van der Waals surface area contributed by atoms with Crippen LogP contribution in [0.2, 0.25) is 5.02 Å². The molecule has 0 aromatic carbocycles. The van der Waals surface area contributed by atoms with E-state index in [0.29, 0.717) is 10.6 Å². The number of hydrogen-bond acceptors (Lipinski definition) is 9. The van der Waals surface area contributed by atoms with Gasteiger partial charge in [0.25, 0.3) is 0 Å². The number of pyridine rings is 1. The van der Waals surface area contributed by atoms with Crippen LogP contribution in [-0.4, -0.2) is 19.9 Å². The second-order valence-corrected chi connectivity index (χ2v) is 10.4. The lowest BCUT2D eigenvalue weighted by molar-refractivity contribution is 0.147. The van der Waals surface area contributed by atoms with Crippen molar-refractivity contribution in [2.24, 2.45) is 11.1 Å². The summed E-state index contributed by atoms with van der Waals surface area (Å²) in [5.41, 5.74) is 21.8. The number of anilines is 2. The van der Waals surface area contributed by atoms with Gasteiger partial charge in [0.15, 0.2) is 5.82 Å². The van der Waals surface area contributed by atoms with Crippen LogP contribution in [0.15, 0.2) is 27.7 Å². The normalized spacial score (nSPS) is 25.1. The van der Waals surface area contributed by atoms with Gasteiger partial charge in [-0.1, -0.05) is 23.4 Å². The maximum Gasteiger partial charge on any atom is 0.236 e. The highest BCUT2D eigenvalue weighted by Gasteiger charge is 2.48. The van der Waals surface area contributed by atoms with Crippen molar-refractivity contribution in [3.05, 3.63) is 45.0 Å². The summed E-state index contributed by atoms with van der Waals surface area (Å²) in [6.45, 7) is 0. The first-order valence-corrected chi connectivity index (χ1v) is 12.0. The van der Waals surface area contributed by atoms with Crippen LogP contribution >= 0.6 is 34.7 Å². The molecule has 0 radical (unpaired) electrons. The van der Waals surface area contributed by atoms with Crippen molar-refractivity contribution in [3.63, 3.8) is 0 Å². The van der Waals surface area contributed by atoms with Crippen LogP contribution in [0, 0.1) is 11.4 Å². The quantitative estimate of drug-likeness (QED) is 0.508. The first-order chi connectivity index (χ1) is 14.9. The minimum absolute atomic E-state index is 0.00766. The molecule has 1 spiro atoms. The molecule has 7 nitrogen and oxygen atoms in total. The molecule has 31 heavy (non-hydrogen) atoms. The van der Waals surface area contributed by atoms with Gasteiger partial charge in [0.1, 0.15) is 16.5 Å². The van der Waals surface area contributed by atoms with Crippen LogP contribution in [0.1, 0.15) is 53.9 Å². The van der Waals surface area contributed by atoms with E-state index in [4.69, 9.17) is 28.8 Å². The standard InChI is InChI=1S/C20H21ClFN7S2/c21-12-11(3-6-26-17(12)24)31-19-18(25)28-13(16(22)29-19)9-1-4-20(5-2-9)7-10-14(15(20)23)30-8-27-10/h3,6,8-9,15H,1-2,4-5,7,23H2,(H2,24,26)(H2,25,28). The fourth-order valence-corrected chi connectivity index (χ4v) is 6.71. The van der Waals surface area contributed by atoms with E-state index in [2.05, 4.69) is 19.9 Å². The van der Waals surface area contributed by atoms with Crippen molar-refractivity contribution >= 4 is 46.3 Å². The monoisotopic (exact) mass is 477 g/mol. The fraction of sp³-hybridized carbons (Fsp3) is 0.400. The second-order valence-electron chi connectivity index (χ2n) is 8.15. The molecule has 5 rings (SSSR count). The van der Waals surface area contributed by atoms with E-state index < -0.39 is 5.95 Å². The lowest BCUT2D eigenvalue weighted by Crippen LogP contribution is -2.35. The Hall–Kier alpha value is -2.01. The van der Waals surface area contributed by atoms with Crippen molar-refractivity contribution in [1.29, 1.82) is 0 Å². The molecule has 1 unspecified atom stereocenters. The van der Waals surface area contributed by atoms with E-state index in [9.17, 15) is 4.39 Å². The van der Waals surface area contributed by atoms with Crippen molar-refractivity contribution < 1.29 is 4.39 Å². The summed E-state index contributed by atoms with van der Waals surface area (Å²) in [5, 5.41) is 0.543. The highest BCUT2D eigenvalue weighted by Crippen LogP contribution is 2.56. The molecule has 1 fully saturated rings. The summed E-state index contributed by atoms with van der Waals surface area (Å²) in [4.78, 5) is 18.7. The van der Waals surface area contributed by atoms with Crippen LogP contribution in [0.25, 0.3) is 0 Å². The third-order valence-electron chi connectivity index (χ3n) is 6.46. The molecule has 3 aromatic heterocycles. The number of nitrogens with two attached hydrogens (primary N) is 3. The number of nitrogens with zero attached hydrogens (tertiary/aromatic N) is 4. The molecule has 3 heterocycles. The Morgan fingerprint density at radius 1 is 1.16 bits per heavy atom. The molecule has 1 saturated carbocycles. The fourth-order valence-electron chi connectivity index (χ4n) is 4.73. The Labute approximate surface area is 192 Å². The smallest absolute Gasteiger partial charge is 0.236 e. The first kappa shape index (κ1) is 20.9. The Morgan fingerprint density at radius 3 is 2.68 bits per heavy atom. The van der Waals surface area contributed by atoms with Gasteiger partial charge in [0, 0.05) is 27.9 Å². The van der Waals surface area contributed by atoms with Crippen LogP contribution in [0.5, 0.6) is 0 Å². The summed E-state index contributed by atoms with van der Waals surface area (Å²) in [7, 11) is 0. The highest BCUT2D eigenvalue weighted by atomic mass is 35.5. The number of thiazole rings is 1. The molecular weight excluding hydrogens is 457 g/mol. The van der Waals surface area contributed by atoms with Crippen molar-refractivity contribution in [2.75, 3.05) is 11.5 Å². The van der Waals surface area contributed by atoms with Gasteiger partial charge in [-0.25, -0.2) is 19.9 Å². The molecular formula is C20H21ClFN7S2. The van der Waals surface area contributed by atoms with Gasteiger partial charge < -0.3 is 17.2 Å². The third kappa shape index (κ3) is 3.55. The number of halogens is 2. The molecule has 0 amide bonds. The Kier molecular flexibility index (Phi) is 5.28. The highest BCUT2D eigenvalue weighted by molar-refractivity contribution is 7.99. The van der Waals surface area contributed by atoms with Gasteiger partial charge in [-0.05, 0) is 43.6 Å². The largest absolute Gasteiger partial charge is 0.382 e.